The number of nitrogens with one attached hydrogen (secondary N) is 1. The highest BCUT2D eigenvalue weighted by Crippen LogP contribution is 2.69. The molecule has 2 aromatic rings. The van der Waals surface area contributed by atoms with E-state index in [2.05, 4.69) is 18.8 Å². The van der Waals surface area contributed by atoms with Crippen molar-refractivity contribution in [2.75, 3.05) is 4.90 Å². The summed E-state index contributed by atoms with van der Waals surface area (Å²) in [4.78, 5) is 43.4. The first-order valence-electron chi connectivity index (χ1n) is 10.5. The molecule has 1 aromatic carbocycles. The van der Waals surface area contributed by atoms with Gasteiger partial charge in [0, 0.05) is 15.5 Å². The minimum atomic E-state index is -4.67. The Labute approximate surface area is 189 Å². The van der Waals surface area contributed by atoms with Crippen LogP contribution in [0, 0.1) is 29.6 Å². The van der Waals surface area contributed by atoms with E-state index < -0.39 is 35.4 Å². The summed E-state index contributed by atoms with van der Waals surface area (Å²) < 4.78 is 40.9. The third-order valence-corrected chi connectivity index (χ3v) is 10.6. The van der Waals surface area contributed by atoms with Crippen molar-refractivity contribution in [3.63, 3.8) is 0 Å². The lowest BCUT2D eigenvalue weighted by Crippen LogP contribution is -2.48. The third-order valence-electron chi connectivity index (χ3n) is 7.84. The lowest BCUT2D eigenvalue weighted by Gasteiger charge is -2.47. The summed E-state index contributed by atoms with van der Waals surface area (Å²) in [7, 11) is 0. The summed E-state index contributed by atoms with van der Waals surface area (Å²) in [5.74, 6) is -2.37. The van der Waals surface area contributed by atoms with Crippen molar-refractivity contribution < 1.29 is 22.8 Å². The average Bonchev–Trinajstić information content (AvgIpc) is 3.43. The number of halogens is 3. The van der Waals surface area contributed by atoms with Gasteiger partial charge in [0.2, 0.25) is 11.8 Å². The lowest BCUT2D eigenvalue weighted by atomic mass is 9.64. The molecule has 6 atom stereocenters. The standard InChI is InChI=1S/C22H19F3N2O3S2/c1-21(2)14-8-7-9(15(14)31-17-16(21)32-20(30)26-17)13-12(8)18(28)27(19(13)29)11-6-4-3-5-10(11)22(23,24)25/h3-6,8-9,12-15H,7H2,1-2H3,(H,26,30)/t8-,9+,12-,13-,14+,15+/m0/s1. The zero-order valence-corrected chi connectivity index (χ0v) is 18.7. The van der Waals surface area contributed by atoms with Gasteiger partial charge in [0.25, 0.3) is 0 Å². The number of H-pyrrole nitrogens is 1. The Bertz CT molecular complexity index is 1230. The summed E-state index contributed by atoms with van der Waals surface area (Å²) >= 11 is 2.75. The summed E-state index contributed by atoms with van der Waals surface area (Å²) in [5, 5.41) is 0.870. The molecule has 2 aliphatic carbocycles. The summed E-state index contributed by atoms with van der Waals surface area (Å²) in [6, 6.07) is 4.79. The molecule has 0 spiro atoms. The van der Waals surface area contributed by atoms with Crippen LogP contribution >= 0.6 is 23.1 Å². The second-order valence-corrected chi connectivity index (χ2v) is 11.8. The fraction of sp³-hybridized carbons (Fsp3) is 0.500. The Balaban J connectivity index is 1.43. The van der Waals surface area contributed by atoms with Crippen LogP contribution in [-0.2, 0) is 21.2 Å². The molecule has 5 nitrogen and oxygen atoms in total. The molecule has 2 saturated carbocycles. The van der Waals surface area contributed by atoms with Crippen LogP contribution < -0.4 is 9.77 Å². The molecule has 4 aliphatic rings. The molecule has 32 heavy (non-hydrogen) atoms. The molecule has 1 N–H and O–H groups in total. The van der Waals surface area contributed by atoms with E-state index >= 15 is 0 Å². The second-order valence-electron chi connectivity index (χ2n) is 9.64. The van der Waals surface area contributed by atoms with Gasteiger partial charge >= 0.3 is 11.0 Å². The number of amides is 2. The molecular formula is C22H19F3N2O3S2. The van der Waals surface area contributed by atoms with Crippen LogP contribution in [0.5, 0.6) is 0 Å². The number of alkyl halides is 3. The van der Waals surface area contributed by atoms with Crippen molar-refractivity contribution in [3.8, 4) is 0 Å². The van der Waals surface area contributed by atoms with Gasteiger partial charge in [-0.1, -0.05) is 37.3 Å². The molecule has 3 fully saturated rings. The molecular weight excluding hydrogens is 461 g/mol. The maximum Gasteiger partial charge on any atom is 0.418 e. The zero-order valence-electron chi connectivity index (χ0n) is 17.1. The number of carbonyl (C=O) groups excluding carboxylic acids is 2. The summed E-state index contributed by atoms with van der Waals surface area (Å²) in [6.07, 6.45) is -3.95. The highest BCUT2D eigenvalue weighted by atomic mass is 32.2. The predicted molar refractivity (Wildman–Crippen MR) is 114 cm³/mol. The van der Waals surface area contributed by atoms with E-state index in [1.807, 2.05) is 0 Å². The van der Waals surface area contributed by atoms with Gasteiger partial charge in [0.1, 0.15) is 0 Å². The number of benzene rings is 1. The predicted octanol–water partition coefficient (Wildman–Crippen LogP) is 4.28. The van der Waals surface area contributed by atoms with Gasteiger partial charge in [-0.3, -0.25) is 14.4 Å². The van der Waals surface area contributed by atoms with E-state index in [9.17, 15) is 27.6 Å². The van der Waals surface area contributed by atoms with Crippen LogP contribution in [0.25, 0.3) is 0 Å². The number of para-hydroxylation sites is 1. The van der Waals surface area contributed by atoms with Crippen LogP contribution in [0.4, 0.5) is 18.9 Å². The van der Waals surface area contributed by atoms with E-state index in [1.165, 1.54) is 29.5 Å². The molecule has 1 aromatic heterocycles. The monoisotopic (exact) mass is 480 g/mol. The van der Waals surface area contributed by atoms with Gasteiger partial charge in [-0.2, -0.15) is 13.2 Å². The molecule has 2 bridgehead atoms. The van der Waals surface area contributed by atoms with Gasteiger partial charge in [0.15, 0.2) is 0 Å². The summed E-state index contributed by atoms with van der Waals surface area (Å²) in [5.41, 5.74) is -1.71. The maximum absolute atomic E-state index is 13.6. The highest BCUT2D eigenvalue weighted by molar-refractivity contribution is 8.00. The average molecular weight is 481 g/mol. The van der Waals surface area contributed by atoms with Crippen LogP contribution in [0.3, 0.4) is 0 Å². The first-order chi connectivity index (χ1) is 15.0. The third kappa shape index (κ3) is 2.45. The van der Waals surface area contributed by atoms with Crippen molar-refractivity contribution in [2.24, 2.45) is 29.6 Å². The largest absolute Gasteiger partial charge is 0.418 e. The minimum Gasteiger partial charge on any atom is -0.307 e. The van der Waals surface area contributed by atoms with E-state index in [0.29, 0.717) is 6.42 Å². The van der Waals surface area contributed by atoms with Gasteiger partial charge in [0.05, 0.1) is 28.1 Å². The number of rotatable bonds is 1. The smallest absolute Gasteiger partial charge is 0.307 e. The van der Waals surface area contributed by atoms with E-state index in [0.717, 1.165) is 20.9 Å². The van der Waals surface area contributed by atoms with Crippen molar-refractivity contribution in [1.82, 2.24) is 4.98 Å². The minimum absolute atomic E-state index is 0.0450. The fourth-order valence-electron chi connectivity index (χ4n) is 6.80. The first kappa shape index (κ1) is 20.5. The number of imide groups is 1. The number of thiazole rings is 1. The van der Waals surface area contributed by atoms with Crippen molar-refractivity contribution in [1.29, 1.82) is 0 Å². The number of aromatic nitrogens is 1. The van der Waals surface area contributed by atoms with Crippen LogP contribution in [-0.4, -0.2) is 22.0 Å². The second kappa shape index (κ2) is 6.28. The molecule has 6 rings (SSSR count). The number of thioether (sulfide) groups is 1. The Morgan fingerprint density at radius 3 is 2.41 bits per heavy atom. The number of fused-ring (bicyclic) bond motifs is 9. The molecule has 0 unspecified atom stereocenters. The van der Waals surface area contributed by atoms with Crippen molar-refractivity contribution in [2.45, 2.75) is 42.1 Å². The molecule has 1 saturated heterocycles. The number of anilines is 1. The van der Waals surface area contributed by atoms with E-state index in [1.54, 1.807) is 11.8 Å². The molecule has 0 radical (unpaired) electrons. The maximum atomic E-state index is 13.6. The Morgan fingerprint density at radius 1 is 1.06 bits per heavy atom. The quantitative estimate of drug-likeness (QED) is 0.619. The molecule has 2 amide bonds. The Hall–Kier alpha value is -2.07. The number of nitrogens with zero attached hydrogens (tertiary/aromatic N) is 1. The molecule has 3 heterocycles. The molecule has 2 aliphatic heterocycles. The van der Waals surface area contributed by atoms with Crippen molar-refractivity contribution in [3.05, 3.63) is 44.4 Å². The molecule has 10 heteroatoms. The van der Waals surface area contributed by atoms with Gasteiger partial charge in [-0.15, -0.1) is 11.8 Å². The first-order valence-corrected chi connectivity index (χ1v) is 12.2. The lowest BCUT2D eigenvalue weighted by molar-refractivity contribution is -0.137. The SMILES string of the molecule is CC1(C)c2sc(=O)[nH]c2S[C@@H]2[C@@H]3C[C@@H]([C@@H]4C(=O)N(c5ccccc5C(F)(F)F)C(=O)[C@@H]34)[C@H]21. The van der Waals surface area contributed by atoms with Crippen LogP contribution in [0.1, 0.15) is 30.7 Å². The summed E-state index contributed by atoms with van der Waals surface area (Å²) in [6.45, 7) is 4.14. The Kier molecular flexibility index (Phi) is 4.03. The van der Waals surface area contributed by atoms with E-state index in [4.69, 9.17) is 0 Å². The number of carbonyl (C=O) groups is 2. The van der Waals surface area contributed by atoms with E-state index in [-0.39, 0.29) is 39.0 Å². The number of hydrogen-bond donors (Lipinski definition) is 1. The van der Waals surface area contributed by atoms with Crippen LogP contribution in [0.15, 0.2) is 34.1 Å². The fourth-order valence-corrected chi connectivity index (χ4v) is 9.95. The highest BCUT2D eigenvalue weighted by Gasteiger charge is 2.71. The van der Waals surface area contributed by atoms with Gasteiger partial charge < -0.3 is 4.98 Å². The van der Waals surface area contributed by atoms with Gasteiger partial charge in [-0.25, -0.2) is 4.90 Å². The number of aromatic amines is 1. The number of hydrogen-bond acceptors (Lipinski definition) is 5. The Morgan fingerprint density at radius 2 is 1.72 bits per heavy atom. The normalized spacial score (nSPS) is 34.6. The molecule has 168 valence electrons. The topological polar surface area (TPSA) is 70.2 Å². The van der Waals surface area contributed by atoms with Gasteiger partial charge in [-0.05, 0) is 36.3 Å². The van der Waals surface area contributed by atoms with Crippen molar-refractivity contribution >= 4 is 40.6 Å². The zero-order chi connectivity index (χ0) is 22.7. The van der Waals surface area contributed by atoms with Crippen LogP contribution in [0.2, 0.25) is 0 Å².